The van der Waals surface area contributed by atoms with Crippen LogP contribution in [0, 0.1) is 0 Å². The van der Waals surface area contributed by atoms with Gasteiger partial charge in [-0.15, -0.1) is 0 Å². The van der Waals surface area contributed by atoms with Crippen LogP contribution in [0.5, 0.6) is 0 Å². The molecule has 1 heterocycles. The molecule has 0 amide bonds. The van der Waals surface area contributed by atoms with E-state index in [1.165, 1.54) is 37.4 Å². The number of nitrogens with zero attached hydrogens (tertiary/aromatic N) is 2. The molecule has 0 unspecified atom stereocenters. The number of anilines is 1. The van der Waals surface area contributed by atoms with Crippen LogP contribution in [0.15, 0.2) is 47.4 Å². The molecule has 0 bridgehead atoms. The van der Waals surface area contributed by atoms with Crippen LogP contribution in [0.1, 0.15) is 10.5 Å². The van der Waals surface area contributed by atoms with Crippen LogP contribution in [0.25, 0.3) is 0 Å². The van der Waals surface area contributed by atoms with E-state index in [1.807, 2.05) is 0 Å². The van der Waals surface area contributed by atoms with Crippen LogP contribution >= 0.6 is 11.6 Å². The van der Waals surface area contributed by atoms with Gasteiger partial charge in [-0.3, -0.25) is 4.31 Å². The average Bonchev–Trinajstić information content (AvgIpc) is 2.46. The minimum Gasteiger partial charge on any atom is -0.477 e. The van der Waals surface area contributed by atoms with E-state index in [4.69, 9.17) is 16.7 Å². The number of pyridine rings is 1. The second-order valence-corrected chi connectivity index (χ2v) is 6.43. The van der Waals surface area contributed by atoms with E-state index in [0.717, 1.165) is 4.31 Å². The van der Waals surface area contributed by atoms with Crippen molar-refractivity contribution in [2.45, 2.75) is 4.90 Å². The zero-order valence-electron chi connectivity index (χ0n) is 10.9. The number of aromatic nitrogens is 1. The monoisotopic (exact) mass is 326 g/mol. The van der Waals surface area contributed by atoms with Gasteiger partial charge in [0.2, 0.25) is 0 Å². The smallest absolute Gasteiger partial charge is 0.354 e. The Hall–Kier alpha value is -2.12. The molecule has 0 saturated carbocycles. The summed E-state index contributed by atoms with van der Waals surface area (Å²) in [6, 6.07) is 10.1. The lowest BCUT2D eigenvalue weighted by Crippen LogP contribution is -2.28. The van der Waals surface area contributed by atoms with Gasteiger partial charge in [-0.2, -0.15) is 0 Å². The van der Waals surface area contributed by atoms with Gasteiger partial charge in [0.15, 0.2) is 5.69 Å². The fraction of sp³-hybridized carbons (Fsp3) is 0.0769. The Morgan fingerprint density at radius 1 is 1.19 bits per heavy atom. The normalized spacial score (nSPS) is 11.1. The maximum absolute atomic E-state index is 12.5. The predicted molar refractivity (Wildman–Crippen MR) is 78.2 cm³/mol. The second-order valence-electron chi connectivity index (χ2n) is 4.09. The summed E-state index contributed by atoms with van der Waals surface area (Å²) in [7, 11) is -2.63. The molecule has 6 nitrogen and oxygen atoms in total. The highest BCUT2D eigenvalue weighted by molar-refractivity contribution is 7.92. The third-order valence-electron chi connectivity index (χ3n) is 2.75. The Bertz CT molecular complexity index is 792. The fourth-order valence-electron chi connectivity index (χ4n) is 1.64. The van der Waals surface area contributed by atoms with Gasteiger partial charge in [0.05, 0.1) is 5.02 Å². The van der Waals surface area contributed by atoms with Crippen molar-refractivity contribution in [3.63, 3.8) is 0 Å². The number of hydrogen-bond acceptors (Lipinski definition) is 4. The van der Waals surface area contributed by atoms with Crippen LogP contribution in [0.2, 0.25) is 5.02 Å². The minimum atomic E-state index is -3.92. The molecule has 0 fully saturated rings. The lowest BCUT2D eigenvalue weighted by Gasteiger charge is -2.19. The predicted octanol–water partition coefficient (Wildman–Crippen LogP) is 2.26. The van der Waals surface area contributed by atoms with Crippen molar-refractivity contribution in [2.75, 3.05) is 11.4 Å². The molecule has 0 atom stereocenters. The number of rotatable bonds is 4. The average molecular weight is 327 g/mol. The third-order valence-corrected chi connectivity index (χ3v) is 5.01. The van der Waals surface area contributed by atoms with Gasteiger partial charge in [0.1, 0.15) is 10.7 Å². The van der Waals surface area contributed by atoms with Crippen LogP contribution in [-0.2, 0) is 10.0 Å². The molecule has 110 valence electrons. The number of benzene rings is 1. The molecule has 1 aromatic heterocycles. The fourth-order valence-corrected chi connectivity index (χ4v) is 3.28. The van der Waals surface area contributed by atoms with E-state index in [-0.39, 0.29) is 21.4 Å². The number of carboxylic acid groups (broad SMARTS) is 1. The highest BCUT2D eigenvalue weighted by Crippen LogP contribution is 2.26. The summed E-state index contributed by atoms with van der Waals surface area (Å²) in [4.78, 5) is 14.6. The molecular formula is C13H11ClN2O4S. The van der Waals surface area contributed by atoms with Crippen LogP contribution in [0.4, 0.5) is 5.82 Å². The summed E-state index contributed by atoms with van der Waals surface area (Å²) >= 11 is 5.90. The molecule has 0 spiro atoms. The Kier molecular flexibility index (Phi) is 4.15. The molecule has 0 aliphatic rings. The Morgan fingerprint density at radius 3 is 2.48 bits per heavy atom. The number of sulfonamides is 1. The first-order chi connectivity index (χ1) is 9.84. The van der Waals surface area contributed by atoms with Crippen molar-refractivity contribution >= 4 is 33.4 Å². The molecule has 21 heavy (non-hydrogen) atoms. The Morgan fingerprint density at radius 2 is 1.86 bits per heavy atom. The molecule has 1 aromatic carbocycles. The number of halogens is 1. The number of carbonyl (C=O) groups is 1. The summed E-state index contributed by atoms with van der Waals surface area (Å²) in [6.07, 6.45) is 0. The van der Waals surface area contributed by atoms with Crippen molar-refractivity contribution in [3.05, 3.63) is 53.2 Å². The second kappa shape index (κ2) is 5.71. The summed E-state index contributed by atoms with van der Waals surface area (Å²) in [6.45, 7) is 0. The largest absolute Gasteiger partial charge is 0.477 e. The van der Waals surface area contributed by atoms with E-state index in [9.17, 15) is 13.2 Å². The standard InChI is InChI=1S/C13H11ClN2O4S/c1-16(12-8-4-6-10(15-12)13(17)18)21(19,20)11-7-3-2-5-9(11)14/h2-8H,1H3,(H,17,18). The van der Waals surface area contributed by atoms with E-state index in [1.54, 1.807) is 12.1 Å². The zero-order valence-corrected chi connectivity index (χ0v) is 12.5. The molecule has 0 aliphatic heterocycles. The van der Waals surface area contributed by atoms with Crippen molar-refractivity contribution < 1.29 is 18.3 Å². The molecule has 0 saturated heterocycles. The lowest BCUT2D eigenvalue weighted by atomic mass is 10.3. The van der Waals surface area contributed by atoms with Crippen molar-refractivity contribution in [3.8, 4) is 0 Å². The van der Waals surface area contributed by atoms with Crippen molar-refractivity contribution in [2.24, 2.45) is 0 Å². The maximum Gasteiger partial charge on any atom is 0.354 e. The highest BCUT2D eigenvalue weighted by Gasteiger charge is 2.25. The first-order valence-electron chi connectivity index (χ1n) is 5.78. The minimum absolute atomic E-state index is 0.00480. The summed E-state index contributed by atoms with van der Waals surface area (Å²) in [5, 5.41) is 8.99. The Labute approximate surface area is 126 Å². The summed E-state index contributed by atoms with van der Waals surface area (Å²) in [5.74, 6) is -1.24. The maximum atomic E-state index is 12.5. The molecular weight excluding hydrogens is 316 g/mol. The van der Waals surface area contributed by atoms with E-state index >= 15 is 0 Å². The van der Waals surface area contributed by atoms with E-state index in [2.05, 4.69) is 4.98 Å². The lowest BCUT2D eigenvalue weighted by molar-refractivity contribution is 0.0690. The molecule has 0 radical (unpaired) electrons. The van der Waals surface area contributed by atoms with Gasteiger partial charge in [0, 0.05) is 7.05 Å². The molecule has 2 rings (SSSR count). The number of hydrogen-bond donors (Lipinski definition) is 1. The molecule has 2 aromatic rings. The van der Waals surface area contributed by atoms with Gasteiger partial charge >= 0.3 is 5.97 Å². The first kappa shape index (κ1) is 15.3. The van der Waals surface area contributed by atoms with Gasteiger partial charge < -0.3 is 5.11 Å². The van der Waals surface area contributed by atoms with Crippen LogP contribution in [0.3, 0.4) is 0 Å². The quantitative estimate of drug-likeness (QED) is 0.931. The van der Waals surface area contributed by atoms with Gasteiger partial charge in [-0.05, 0) is 24.3 Å². The third kappa shape index (κ3) is 2.98. The van der Waals surface area contributed by atoms with Gasteiger partial charge in [0.25, 0.3) is 10.0 Å². The SMILES string of the molecule is CN(c1cccc(C(=O)O)n1)S(=O)(=O)c1ccccc1Cl. The topological polar surface area (TPSA) is 87.6 Å². The summed E-state index contributed by atoms with van der Waals surface area (Å²) in [5.41, 5.74) is -0.242. The molecule has 1 N–H and O–H groups in total. The molecule has 0 aliphatic carbocycles. The molecule has 8 heteroatoms. The van der Waals surface area contributed by atoms with Gasteiger partial charge in [-0.25, -0.2) is 18.2 Å². The van der Waals surface area contributed by atoms with Gasteiger partial charge in [-0.1, -0.05) is 29.8 Å². The van der Waals surface area contributed by atoms with E-state index in [0.29, 0.717) is 0 Å². The first-order valence-corrected chi connectivity index (χ1v) is 7.59. The highest BCUT2D eigenvalue weighted by atomic mass is 35.5. The Balaban J connectivity index is 2.48. The summed E-state index contributed by atoms with van der Waals surface area (Å²) < 4.78 is 25.9. The van der Waals surface area contributed by atoms with Crippen LogP contribution in [-0.4, -0.2) is 31.5 Å². The number of carboxylic acids is 1. The van der Waals surface area contributed by atoms with E-state index < -0.39 is 16.0 Å². The van der Waals surface area contributed by atoms with Crippen molar-refractivity contribution in [1.82, 2.24) is 4.98 Å². The van der Waals surface area contributed by atoms with Crippen LogP contribution < -0.4 is 4.31 Å². The zero-order chi connectivity index (χ0) is 15.6. The number of aromatic carboxylic acids is 1. The van der Waals surface area contributed by atoms with Crippen molar-refractivity contribution in [1.29, 1.82) is 0 Å².